The molecular formula is C13H11ClO. The lowest BCUT2D eigenvalue weighted by molar-refractivity contribution is 0.414. The lowest BCUT2D eigenvalue weighted by atomic mass is 10.1. The molecule has 15 heavy (non-hydrogen) atoms. The van der Waals surface area contributed by atoms with Crippen molar-refractivity contribution in [3.05, 3.63) is 47.5 Å². The maximum Gasteiger partial charge on any atom is 0.145 e. The Labute approximate surface area is 93.9 Å². The minimum atomic E-state index is 0.644. The number of methoxy groups -OCH3 is 1. The molecule has 1 nitrogen and oxygen atoms in total. The van der Waals surface area contributed by atoms with Crippen molar-refractivity contribution < 1.29 is 4.74 Å². The maximum atomic E-state index is 6.25. The van der Waals surface area contributed by atoms with Crippen LogP contribution in [0.25, 0.3) is 16.8 Å². The number of benzene rings is 2. The molecule has 0 spiro atoms. The van der Waals surface area contributed by atoms with E-state index < -0.39 is 0 Å². The van der Waals surface area contributed by atoms with E-state index in [1.807, 2.05) is 30.3 Å². The first-order valence-corrected chi connectivity index (χ1v) is 5.03. The molecule has 0 radical (unpaired) electrons. The Morgan fingerprint density at radius 1 is 1.33 bits per heavy atom. The van der Waals surface area contributed by atoms with E-state index >= 15 is 0 Å². The van der Waals surface area contributed by atoms with Gasteiger partial charge in [-0.3, -0.25) is 0 Å². The van der Waals surface area contributed by atoms with Crippen molar-refractivity contribution in [2.75, 3.05) is 7.11 Å². The number of ether oxygens (including phenoxy) is 1. The maximum absolute atomic E-state index is 6.25. The van der Waals surface area contributed by atoms with Gasteiger partial charge in [0, 0.05) is 10.9 Å². The van der Waals surface area contributed by atoms with Crippen LogP contribution in [0.2, 0.25) is 5.02 Å². The van der Waals surface area contributed by atoms with Crippen LogP contribution in [0.5, 0.6) is 5.75 Å². The van der Waals surface area contributed by atoms with E-state index in [9.17, 15) is 0 Å². The first-order chi connectivity index (χ1) is 7.27. The van der Waals surface area contributed by atoms with Crippen LogP contribution >= 0.6 is 11.6 Å². The molecule has 2 rings (SSSR count). The number of halogens is 1. The van der Waals surface area contributed by atoms with Gasteiger partial charge in [0.05, 0.1) is 12.1 Å². The van der Waals surface area contributed by atoms with Crippen LogP contribution < -0.4 is 4.74 Å². The molecule has 0 N–H and O–H groups in total. The summed E-state index contributed by atoms with van der Waals surface area (Å²) < 4.78 is 5.27. The minimum absolute atomic E-state index is 0.644. The van der Waals surface area contributed by atoms with E-state index in [-0.39, 0.29) is 0 Å². The highest BCUT2D eigenvalue weighted by Crippen LogP contribution is 2.36. The van der Waals surface area contributed by atoms with Gasteiger partial charge in [-0.15, -0.1) is 0 Å². The second-order valence-electron chi connectivity index (χ2n) is 3.24. The van der Waals surface area contributed by atoms with E-state index in [0.29, 0.717) is 10.8 Å². The van der Waals surface area contributed by atoms with E-state index in [4.69, 9.17) is 16.3 Å². The molecule has 0 saturated heterocycles. The highest BCUT2D eigenvalue weighted by atomic mass is 35.5. The SMILES string of the molecule is C=Cc1cc2ccccc2c(Cl)c1OC. The zero-order valence-corrected chi connectivity index (χ0v) is 9.21. The first kappa shape index (κ1) is 10.1. The summed E-state index contributed by atoms with van der Waals surface area (Å²) in [6, 6.07) is 9.97. The van der Waals surface area contributed by atoms with Crippen LogP contribution in [-0.4, -0.2) is 7.11 Å². The highest BCUT2D eigenvalue weighted by molar-refractivity contribution is 6.37. The largest absolute Gasteiger partial charge is 0.495 e. The monoisotopic (exact) mass is 218 g/mol. The van der Waals surface area contributed by atoms with E-state index in [0.717, 1.165) is 16.3 Å². The van der Waals surface area contributed by atoms with Gasteiger partial charge in [-0.1, -0.05) is 48.5 Å². The molecule has 0 atom stereocenters. The Morgan fingerprint density at radius 3 is 2.73 bits per heavy atom. The van der Waals surface area contributed by atoms with Gasteiger partial charge in [-0.2, -0.15) is 0 Å². The average Bonchev–Trinajstić information content (AvgIpc) is 2.29. The fraction of sp³-hybridized carbons (Fsp3) is 0.0769. The van der Waals surface area contributed by atoms with E-state index in [1.54, 1.807) is 13.2 Å². The molecule has 0 unspecified atom stereocenters. The Balaban J connectivity index is 2.87. The van der Waals surface area contributed by atoms with Gasteiger partial charge in [0.15, 0.2) is 0 Å². The fourth-order valence-electron chi connectivity index (χ4n) is 1.66. The van der Waals surface area contributed by atoms with Crippen LogP contribution in [0, 0.1) is 0 Å². The Morgan fingerprint density at radius 2 is 2.07 bits per heavy atom. The standard InChI is InChI=1S/C13H11ClO/c1-3-9-8-10-6-4-5-7-11(10)12(14)13(9)15-2/h3-8H,1H2,2H3. The lowest BCUT2D eigenvalue weighted by Gasteiger charge is -2.10. The zero-order valence-electron chi connectivity index (χ0n) is 8.46. The summed E-state index contributed by atoms with van der Waals surface area (Å²) in [4.78, 5) is 0. The third-order valence-corrected chi connectivity index (χ3v) is 2.77. The van der Waals surface area contributed by atoms with Gasteiger partial charge in [-0.05, 0) is 11.5 Å². The van der Waals surface area contributed by atoms with E-state index in [1.165, 1.54) is 0 Å². The summed E-state index contributed by atoms with van der Waals surface area (Å²) in [5.74, 6) is 0.686. The lowest BCUT2D eigenvalue weighted by Crippen LogP contribution is -1.89. The molecule has 2 aromatic carbocycles. The second kappa shape index (κ2) is 3.95. The summed E-state index contributed by atoms with van der Waals surface area (Å²) in [6.45, 7) is 3.75. The smallest absolute Gasteiger partial charge is 0.145 e. The molecular weight excluding hydrogens is 208 g/mol. The van der Waals surface area contributed by atoms with Crippen molar-refractivity contribution in [3.8, 4) is 5.75 Å². The molecule has 2 heteroatoms. The summed E-state index contributed by atoms with van der Waals surface area (Å²) in [6.07, 6.45) is 1.75. The summed E-state index contributed by atoms with van der Waals surface area (Å²) in [5, 5.41) is 2.74. The van der Waals surface area contributed by atoms with Crippen molar-refractivity contribution in [2.24, 2.45) is 0 Å². The van der Waals surface area contributed by atoms with Gasteiger partial charge >= 0.3 is 0 Å². The van der Waals surface area contributed by atoms with E-state index in [2.05, 4.69) is 6.58 Å². The Hall–Kier alpha value is -1.47. The normalized spacial score (nSPS) is 10.3. The summed E-state index contributed by atoms with van der Waals surface area (Å²) >= 11 is 6.25. The first-order valence-electron chi connectivity index (χ1n) is 4.65. The molecule has 0 aromatic heterocycles. The Bertz CT molecular complexity index is 517. The van der Waals surface area contributed by atoms with Crippen LogP contribution in [0.1, 0.15) is 5.56 Å². The summed E-state index contributed by atoms with van der Waals surface area (Å²) in [5.41, 5.74) is 0.918. The molecule has 0 bridgehead atoms. The number of hydrogen-bond donors (Lipinski definition) is 0. The molecule has 0 fully saturated rings. The van der Waals surface area contributed by atoms with Crippen molar-refractivity contribution in [2.45, 2.75) is 0 Å². The fourth-order valence-corrected chi connectivity index (χ4v) is 2.02. The van der Waals surface area contributed by atoms with Gasteiger partial charge in [0.25, 0.3) is 0 Å². The van der Waals surface area contributed by atoms with Crippen LogP contribution in [0.4, 0.5) is 0 Å². The van der Waals surface area contributed by atoms with Gasteiger partial charge in [0.1, 0.15) is 5.75 Å². The summed E-state index contributed by atoms with van der Waals surface area (Å²) in [7, 11) is 1.61. The third kappa shape index (κ3) is 1.59. The van der Waals surface area contributed by atoms with Gasteiger partial charge in [-0.25, -0.2) is 0 Å². The number of fused-ring (bicyclic) bond motifs is 1. The highest BCUT2D eigenvalue weighted by Gasteiger charge is 2.09. The minimum Gasteiger partial charge on any atom is -0.495 e. The Kier molecular flexibility index (Phi) is 2.65. The van der Waals surface area contributed by atoms with Crippen molar-refractivity contribution in [1.29, 1.82) is 0 Å². The second-order valence-corrected chi connectivity index (χ2v) is 3.62. The molecule has 0 aliphatic heterocycles. The van der Waals surface area contributed by atoms with Gasteiger partial charge < -0.3 is 4.74 Å². The number of rotatable bonds is 2. The molecule has 76 valence electrons. The van der Waals surface area contributed by atoms with Crippen molar-refractivity contribution in [1.82, 2.24) is 0 Å². The molecule has 2 aromatic rings. The molecule has 0 aliphatic rings. The van der Waals surface area contributed by atoms with Gasteiger partial charge in [0.2, 0.25) is 0 Å². The van der Waals surface area contributed by atoms with Crippen LogP contribution in [-0.2, 0) is 0 Å². The predicted molar refractivity (Wildman–Crippen MR) is 65.6 cm³/mol. The van der Waals surface area contributed by atoms with Crippen LogP contribution in [0.15, 0.2) is 36.9 Å². The molecule has 0 amide bonds. The third-order valence-electron chi connectivity index (χ3n) is 2.39. The number of hydrogen-bond acceptors (Lipinski definition) is 1. The predicted octanol–water partition coefficient (Wildman–Crippen LogP) is 4.14. The molecule has 0 saturated carbocycles. The average molecular weight is 219 g/mol. The van der Waals surface area contributed by atoms with Crippen LogP contribution in [0.3, 0.4) is 0 Å². The quantitative estimate of drug-likeness (QED) is 0.736. The molecule has 0 aliphatic carbocycles. The van der Waals surface area contributed by atoms with Crippen molar-refractivity contribution >= 4 is 28.4 Å². The van der Waals surface area contributed by atoms with Crippen molar-refractivity contribution in [3.63, 3.8) is 0 Å². The topological polar surface area (TPSA) is 9.23 Å². The zero-order chi connectivity index (χ0) is 10.8. The molecule has 0 heterocycles.